The van der Waals surface area contributed by atoms with Gasteiger partial charge in [0.15, 0.2) is 0 Å². The summed E-state index contributed by atoms with van der Waals surface area (Å²) in [6.07, 6.45) is 2.71. The minimum absolute atomic E-state index is 0.0513. The molecule has 1 saturated carbocycles. The second kappa shape index (κ2) is 6.00. The van der Waals surface area contributed by atoms with E-state index in [-0.39, 0.29) is 5.69 Å². The molecule has 5 nitrogen and oxygen atoms in total. The van der Waals surface area contributed by atoms with Crippen LogP contribution in [0.25, 0.3) is 0 Å². The van der Waals surface area contributed by atoms with Gasteiger partial charge in [-0.2, -0.15) is 5.26 Å². The number of nitrogens with zero attached hydrogens (tertiary/aromatic N) is 3. The van der Waals surface area contributed by atoms with Crippen molar-refractivity contribution in [3.8, 4) is 6.07 Å². The van der Waals surface area contributed by atoms with Crippen LogP contribution in [-0.2, 0) is 6.54 Å². The number of hydrogen-bond acceptors (Lipinski definition) is 4. The van der Waals surface area contributed by atoms with Crippen molar-refractivity contribution in [2.24, 2.45) is 0 Å². The molecule has 0 N–H and O–H groups in total. The van der Waals surface area contributed by atoms with Crippen LogP contribution >= 0.6 is 11.6 Å². The van der Waals surface area contributed by atoms with Crippen LogP contribution in [0.15, 0.2) is 18.2 Å². The summed E-state index contributed by atoms with van der Waals surface area (Å²) in [6.45, 7) is 1.24. The second-order valence-electron chi connectivity index (χ2n) is 4.64. The van der Waals surface area contributed by atoms with E-state index in [2.05, 4.69) is 11.0 Å². The van der Waals surface area contributed by atoms with Crippen LogP contribution in [-0.4, -0.2) is 22.4 Å². The van der Waals surface area contributed by atoms with Gasteiger partial charge in [-0.25, -0.2) is 0 Å². The van der Waals surface area contributed by atoms with Crippen LogP contribution in [0.3, 0.4) is 0 Å². The Morgan fingerprint density at radius 2 is 2.26 bits per heavy atom. The van der Waals surface area contributed by atoms with Crippen molar-refractivity contribution >= 4 is 17.3 Å². The Morgan fingerprint density at radius 1 is 1.53 bits per heavy atom. The van der Waals surface area contributed by atoms with E-state index in [1.165, 1.54) is 12.1 Å². The Kier molecular flexibility index (Phi) is 4.35. The quantitative estimate of drug-likeness (QED) is 0.592. The topological polar surface area (TPSA) is 70.2 Å². The van der Waals surface area contributed by atoms with Crippen LogP contribution in [0, 0.1) is 21.4 Å². The molecule has 0 atom stereocenters. The highest BCUT2D eigenvalue weighted by Crippen LogP contribution is 2.31. The van der Waals surface area contributed by atoms with E-state index in [0.717, 1.165) is 18.4 Å². The summed E-state index contributed by atoms with van der Waals surface area (Å²) in [5, 5.41) is 20.0. The third-order valence-electron chi connectivity index (χ3n) is 3.19. The first-order valence-corrected chi connectivity index (χ1v) is 6.53. The molecule has 0 saturated heterocycles. The molecule has 0 spiro atoms. The summed E-state index contributed by atoms with van der Waals surface area (Å²) in [4.78, 5) is 12.5. The molecule has 0 bridgehead atoms. The molecule has 0 aromatic heterocycles. The van der Waals surface area contributed by atoms with Gasteiger partial charge in [-0.1, -0.05) is 11.6 Å². The highest BCUT2D eigenvalue weighted by Gasteiger charge is 2.29. The van der Waals surface area contributed by atoms with Gasteiger partial charge < -0.3 is 0 Å². The number of nitriles is 1. The molecule has 1 aromatic rings. The lowest BCUT2D eigenvalue weighted by atomic mass is 10.2. The molecule has 6 heteroatoms. The number of rotatable bonds is 6. The highest BCUT2D eigenvalue weighted by molar-refractivity contribution is 6.31. The van der Waals surface area contributed by atoms with Gasteiger partial charge in [-0.05, 0) is 24.5 Å². The first-order chi connectivity index (χ1) is 9.11. The Balaban J connectivity index is 2.13. The molecule has 1 fully saturated rings. The lowest BCUT2D eigenvalue weighted by Gasteiger charge is -2.21. The minimum atomic E-state index is -0.420. The Morgan fingerprint density at radius 3 is 2.84 bits per heavy atom. The molecule has 0 amide bonds. The van der Waals surface area contributed by atoms with E-state index in [9.17, 15) is 10.1 Å². The van der Waals surface area contributed by atoms with Crippen LogP contribution < -0.4 is 0 Å². The predicted molar refractivity (Wildman–Crippen MR) is 71.8 cm³/mol. The highest BCUT2D eigenvalue weighted by atomic mass is 35.5. The molecular weight excluding hydrogens is 266 g/mol. The smallest absolute Gasteiger partial charge is 0.269 e. The standard InChI is InChI=1S/C13H14ClN3O2/c14-13-5-4-12(17(18)19)8-10(13)9-16(7-1-6-15)11-2-3-11/h4-5,8,11H,1-3,7,9H2. The van der Waals surface area contributed by atoms with Crippen molar-refractivity contribution in [3.05, 3.63) is 38.9 Å². The summed E-state index contributed by atoms with van der Waals surface area (Å²) in [5.41, 5.74) is 0.802. The first-order valence-electron chi connectivity index (χ1n) is 6.15. The van der Waals surface area contributed by atoms with Crippen molar-refractivity contribution < 1.29 is 4.92 Å². The normalized spacial score (nSPS) is 14.4. The predicted octanol–water partition coefficient (Wildman–Crippen LogP) is 3.13. The van der Waals surface area contributed by atoms with Crippen molar-refractivity contribution in [2.75, 3.05) is 6.54 Å². The maximum absolute atomic E-state index is 10.8. The summed E-state index contributed by atoms with van der Waals surface area (Å²) in [7, 11) is 0. The van der Waals surface area contributed by atoms with Gasteiger partial charge in [0.2, 0.25) is 0 Å². The molecule has 0 unspecified atom stereocenters. The molecule has 0 radical (unpaired) electrons. The van der Waals surface area contributed by atoms with Crippen molar-refractivity contribution in [2.45, 2.75) is 31.8 Å². The molecule has 0 heterocycles. The van der Waals surface area contributed by atoms with Gasteiger partial charge in [0.25, 0.3) is 5.69 Å². The number of halogens is 1. The van der Waals surface area contributed by atoms with Gasteiger partial charge in [-0.15, -0.1) is 0 Å². The van der Waals surface area contributed by atoms with Gasteiger partial charge in [-0.3, -0.25) is 15.0 Å². The average molecular weight is 280 g/mol. The Bertz CT molecular complexity index is 523. The molecule has 0 aliphatic heterocycles. The zero-order valence-electron chi connectivity index (χ0n) is 10.4. The molecule has 19 heavy (non-hydrogen) atoms. The van der Waals surface area contributed by atoms with Crippen LogP contribution in [0.4, 0.5) is 5.69 Å². The van der Waals surface area contributed by atoms with E-state index in [1.807, 2.05) is 0 Å². The summed E-state index contributed by atoms with van der Waals surface area (Å²) >= 11 is 6.09. The first kappa shape index (κ1) is 13.8. The Labute approximate surface area is 116 Å². The number of nitro groups is 1. The zero-order valence-corrected chi connectivity index (χ0v) is 11.1. The van der Waals surface area contributed by atoms with Gasteiger partial charge in [0, 0.05) is 42.7 Å². The Hall–Kier alpha value is -1.64. The summed E-state index contributed by atoms with van der Waals surface area (Å²) in [6, 6.07) is 7.10. The average Bonchev–Trinajstić information content (AvgIpc) is 3.20. The lowest BCUT2D eigenvalue weighted by molar-refractivity contribution is -0.384. The molecule has 100 valence electrons. The molecule has 1 aromatic carbocycles. The zero-order chi connectivity index (χ0) is 13.8. The number of nitro benzene ring substituents is 1. The number of benzene rings is 1. The minimum Gasteiger partial charge on any atom is -0.295 e. The fourth-order valence-electron chi connectivity index (χ4n) is 2.04. The van der Waals surface area contributed by atoms with Crippen molar-refractivity contribution in [3.63, 3.8) is 0 Å². The van der Waals surface area contributed by atoms with Crippen molar-refractivity contribution in [1.29, 1.82) is 5.26 Å². The van der Waals surface area contributed by atoms with Crippen molar-refractivity contribution in [1.82, 2.24) is 4.90 Å². The lowest BCUT2D eigenvalue weighted by Crippen LogP contribution is -2.26. The van der Waals surface area contributed by atoms with Gasteiger partial charge >= 0.3 is 0 Å². The third-order valence-corrected chi connectivity index (χ3v) is 3.56. The van der Waals surface area contributed by atoms with E-state index in [0.29, 0.717) is 30.6 Å². The molecular formula is C13H14ClN3O2. The van der Waals surface area contributed by atoms with Crippen LogP contribution in [0.5, 0.6) is 0 Å². The molecule has 1 aliphatic rings. The van der Waals surface area contributed by atoms with Crippen LogP contribution in [0.1, 0.15) is 24.8 Å². The SMILES string of the molecule is N#CCCN(Cc1cc([N+](=O)[O-])ccc1Cl)C1CC1. The largest absolute Gasteiger partial charge is 0.295 e. The van der Waals surface area contributed by atoms with E-state index in [4.69, 9.17) is 16.9 Å². The van der Waals surface area contributed by atoms with E-state index >= 15 is 0 Å². The molecule has 2 rings (SSSR count). The summed E-state index contributed by atoms with van der Waals surface area (Å²) in [5.74, 6) is 0. The maximum atomic E-state index is 10.8. The second-order valence-corrected chi connectivity index (χ2v) is 5.05. The third kappa shape index (κ3) is 3.66. The van der Waals surface area contributed by atoms with Gasteiger partial charge in [0.05, 0.1) is 11.0 Å². The molecule has 1 aliphatic carbocycles. The number of hydrogen-bond donors (Lipinski definition) is 0. The van der Waals surface area contributed by atoms with Gasteiger partial charge in [0.1, 0.15) is 0 Å². The maximum Gasteiger partial charge on any atom is 0.269 e. The fraction of sp³-hybridized carbons (Fsp3) is 0.462. The van der Waals surface area contributed by atoms with Crippen LogP contribution in [0.2, 0.25) is 5.02 Å². The monoisotopic (exact) mass is 279 g/mol. The van der Waals surface area contributed by atoms with E-state index < -0.39 is 4.92 Å². The fourth-order valence-corrected chi connectivity index (χ4v) is 2.22. The van der Waals surface area contributed by atoms with E-state index in [1.54, 1.807) is 6.07 Å². The summed E-state index contributed by atoms with van der Waals surface area (Å²) < 4.78 is 0. The number of non-ortho nitro benzene ring substituents is 1.